The van der Waals surface area contributed by atoms with Gasteiger partial charge in [-0.3, -0.25) is 25.8 Å². The van der Waals surface area contributed by atoms with Gasteiger partial charge >= 0.3 is 5.97 Å². The summed E-state index contributed by atoms with van der Waals surface area (Å²) in [6, 6.07) is 0. The van der Waals surface area contributed by atoms with Gasteiger partial charge in [0.15, 0.2) is 5.11 Å². The van der Waals surface area contributed by atoms with Crippen LogP contribution in [0.2, 0.25) is 0 Å². The van der Waals surface area contributed by atoms with E-state index in [4.69, 9.17) is 12.2 Å². The summed E-state index contributed by atoms with van der Waals surface area (Å²) in [5, 5.41) is 2.21. The van der Waals surface area contributed by atoms with Gasteiger partial charge in [-0.2, -0.15) is 0 Å². The lowest BCUT2D eigenvalue weighted by Crippen LogP contribution is -2.48. The molecular formula is C13H21N3O4S. The van der Waals surface area contributed by atoms with Crippen LogP contribution in [0.3, 0.4) is 0 Å². The topological polar surface area (TPSA) is 96.5 Å². The molecule has 0 aliphatic rings. The number of amides is 2. The van der Waals surface area contributed by atoms with Crippen molar-refractivity contribution in [2.45, 2.75) is 39.5 Å². The number of hydrazine groups is 1. The molecule has 0 aliphatic carbocycles. The Morgan fingerprint density at radius 3 is 2.43 bits per heavy atom. The van der Waals surface area contributed by atoms with E-state index in [1.165, 1.54) is 0 Å². The second kappa shape index (κ2) is 11.8. The van der Waals surface area contributed by atoms with Crippen LogP contribution >= 0.6 is 12.2 Å². The highest BCUT2D eigenvalue weighted by atomic mass is 32.1. The van der Waals surface area contributed by atoms with E-state index in [9.17, 15) is 14.4 Å². The van der Waals surface area contributed by atoms with E-state index in [2.05, 4.69) is 20.9 Å². The molecule has 0 heterocycles. The van der Waals surface area contributed by atoms with Gasteiger partial charge in [0, 0.05) is 18.6 Å². The molecule has 0 aliphatic heterocycles. The van der Waals surface area contributed by atoms with Crippen LogP contribution in [0, 0.1) is 0 Å². The highest BCUT2D eigenvalue weighted by molar-refractivity contribution is 7.80. The van der Waals surface area contributed by atoms with Crippen molar-refractivity contribution in [3.05, 3.63) is 12.2 Å². The summed E-state index contributed by atoms with van der Waals surface area (Å²) in [5.74, 6) is -1.42. The first kappa shape index (κ1) is 19.0. The van der Waals surface area contributed by atoms with Crippen molar-refractivity contribution in [3.63, 3.8) is 0 Å². The average molecular weight is 315 g/mol. The molecule has 3 N–H and O–H groups in total. The largest absolute Gasteiger partial charge is 0.463 e. The fourth-order valence-corrected chi connectivity index (χ4v) is 1.40. The van der Waals surface area contributed by atoms with Gasteiger partial charge in [-0.15, -0.1) is 0 Å². The molecule has 0 aromatic carbocycles. The molecule has 0 unspecified atom stereocenters. The summed E-state index contributed by atoms with van der Waals surface area (Å²) in [7, 11) is 0. The summed E-state index contributed by atoms with van der Waals surface area (Å²) in [5.41, 5.74) is 4.77. The van der Waals surface area contributed by atoms with Gasteiger partial charge in [-0.1, -0.05) is 19.8 Å². The number of hydrogen-bond acceptors (Lipinski definition) is 5. The van der Waals surface area contributed by atoms with E-state index in [0.29, 0.717) is 6.42 Å². The summed E-state index contributed by atoms with van der Waals surface area (Å²) < 4.78 is 4.61. The quantitative estimate of drug-likeness (QED) is 0.210. The molecule has 0 aromatic rings. The van der Waals surface area contributed by atoms with Crippen molar-refractivity contribution < 1.29 is 19.1 Å². The molecule has 0 fully saturated rings. The maximum Gasteiger partial charge on any atom is 0.330 e. The van der Waals surface area contributed by atoms with Crippen molar-refractivity contribution in [3.8, 4) is 0 Å². The molecule has 0 aromatic heterocycles. The van der Waals surface area contributed by atoms with Crippen LogP contribution < -0.4 is 16.2 Å². The zero-order valence-corrected chi connectivity index (χ0v) is 13.0. The number of nitrogens with one attached hydrogen (secondary N) is 3. The first-order valence-electron chi connectivity index (χ1n) is 6.74. The smallest absolute Gasteiger partial charge is 0.330 e. The van der Waals surface area contributed by atoms with E-state index < -0.39 is 11.9 Å². The van der Waals surface area contributed by atoms with E-state index in [1.54, 1.807) is 6.92 Å². The van der Waals surface area contributed by atoms with Crippen LogP contribution in [-0.2, 0) is 19.1 Å². The van der Waals surface area contributed by atoms with Crippen LogP contribution in [-0.4, -0.2) is 29.5 Å². The minimum Gasteiger partial charge on any atom is -0.463 e. The second-order valence-corrected chi connectivity index (χ2v) is 4.44. The van der Waals surface area contributed by atoms with Crippen LogP contribution in [0.25, 0.3) is 0 Å². The summed E-state index contributed by atoms with van der Waals surface area (Å²) in [6.07, 6.45) is 5.18. The first-order chi connectivity index (χ1) is 9.99. The minimum atomic E-state index is -0.615. The standard InChI is InChI=1S/C13H21N3O4S/c1-3-5-6-7-11(18)15-16-13(21)14-10(17)8-9-12(19)20-4-2/h8-9H,3-7H2,1-2H3,(H,15,18)(H2,14,16,17,21). The van der Waals surface area contributed by atoms with Crippen molar-refractivity contribution in [2.24, 2.45) is 0 Å². The Labute approximate surface area is 129 Å². The van der Waals surface area contributed by atoms with E-state index >= 15 is 0 Å². The predicted molar refractivity (Wildman–Crippen MR) is 81.9 cm³/mol. The lowest BCUT2D eigenvalue weighted by atomic mass is 10.2. The number of carbonyl (C=O) groups is 3. The van der Waals surface area contributed by atoms with E-state index in [-0.39, 0.29) is 17.6 Å². The molecule has 0 radical (unpaired) electrons. The van der Waals surface area contributed by atoms with E-state index in [0.717, 1.165) is 31.4 Å². The highest BCUT2D eigenvalue weighted by Crippen LogP contribution is 1.97. The Bertz CT molecular complexity index is 410. The zero-order chi connectivity index (χ0) is 16.1. The van der Waals surface area contributed by atoms with Gasteiger partial charge < -0.3 is 4.74 Å². The van der Waals surface area contributed by atoms with Crippen LogP contribution in [0.4, 0.5) is 0 Å². The van der Waals surface area contributed by atoms with Gasteiger partial charge in [0.2, 0.25) is 11.8 Å². The molecule has 2 amide bonds. The molecule has 0 saturated carbocycles. The van der Waals surface area contributed by atoms with Crippen LogP contribution in [0.15, 0.2) is 12.2 Å². The third kappa shape index (κ3) is 11.6. The van der Waals surface area contributed by atoms with Crippen molar-refractivity contribution >= 4 is 35.1 Å². The van der Waals surface area contributed by atoms with Gasteiger partial charge in [0.1, 0.15) is 0 Å². The number of esters is 1. The first-order valence-corrected chi connectivity index (χ1v) is 7.15. The molecule has 0 saturated heterocycles. The summed E-state index contributed by atoms with van der Waals surface area (Å²) >= 11 is 4.81. The van der Waals surface area contributed by atoms with Crippen molar-refractivity contribution in [2.75, 3.05) is 6.61 Å². The molecule has 118 valence electrons. The SMILES string of the molecule is CCCCCC(=O)NNC(=S)NC(=O)C=CC(=O)OCC. The average Bonchev–Trinajstić information content (AvgIpc) is 2.43. The summed E-state index contributed by atoms with van der Waals surface area (Å²) in [4.78, 5) is 33.7. The fraction of sp³-hybridized carbons (Fsp3) is 0.538. The van der Waals surface area contributed by atoms with E-state index in [1.807, 2.05) is 6.92 Å². The third-order valence-corrected chi connectivity index (χ3v) is 2.42. The number of carbonyl (C=O) groups excluding carboxylic acids is 3. The van der Waals surface area contributed by atoms with Crippen molar-refractivity contribution in [1.82, 2.24) is 16.2 Å². The number of rotatable bonds is 7. The predicted octanol–water partition coefficient (Wildman–Crippen LogP) is 0.708. The Hall–Kier alpha value is -1.96. The lowest BCUT2D eigenvalue weighted by Gasteiger charge is -2.09. The lowest BCUT2D eigenvalue weighted by molar-refractivity contribution is -0.137. The second-order valence-electron chi connectivity index (χ2n) is 4.03. The molecular weight excluding hydrogens is 294 g/mol. The van der Waals surface area contributed by atoms with Crippen LogP contribution in [0.1, 0.15) is 39.5 Å². The number of hydrogen-bond donors (Lipinski definition) is 3. The molecule has 0 rings (SSSR count). The highest BCUT2D eigenvalue weighted by Gasteiger charge is 2.04. The van der Waals surface area contributed by atoms with Gasteiger partial charge in [-0.05, 0) is 25.6 Å². The Morgan fingerprint density at radius 1 is 1.10 bits per heavy atom. The monoisotopic (exact) mass is 315 g/mol. The third-order valence-electron chi connectivity index (χ3n) is 2.22. The number of ether oxygens (including phenoxy) is 1. The molecule has 0 bridgehead atoms. The van der Waals surface area contributed by atoms with Crippen molar-refractivity contribution in [1.29, 1.82) is 0 Å². The Morgan fingerprint density at radius 2 is 1.81 bits per heavy atom. The maximum absolute atomic E-state index is 11.4. The Kier molecular flexibility index (Phi) is 10.7. The zero-order valence-electron chi connectivity index (χ0n) is 12.2. The van der Waals surface area contributed by atoms with Gasteiger partial charge in [-0.25, -0.2) is 4.79 Å². The molecule has 0 spiro atoms. The minimum absolute atomic E-state index is 0.0580. The molecule has 7 nitrogen and oxygen atoms in total. The number of thiocarbonyl (C=S) groups is 1. The van der Waals surface area contributed by atoms with Gasteiger partial charge in [0.05, 0.1) is 6.61 Å². The number of unbranched alkanes of at least 4 members (excludes halogenated alkanes) is 2. The molecule has 0 atom stereocenters. The normalized spacial score (nSPS) is 10.0. The summed E-state index contributed by atoms with van der Waals surface area (Å²) in [6.45, 7) is 3.94. The maximum atomic E-state index is 11.4. The van der Waals surface area contributed by atoms with Gasteiger partial charge in [0.25, 0.3) is 0 Å². The Balaban J connectivity index is 3.90. The molecule has 8 heteroatoms. The van der Waals surface area contributed by atoms with Crippen LogP contribution in [0.5, 0.6) is 0 Å². The fourth-order valence-electron chi connectivity index (χ4n) is 1.24. The molecule has 21 heavy (non-hydrogen) atoms.